The van der Waals surface area contributed by atoms with Gasteiger partial charge < -0.3 is 19.3 Å². The minimum atomic E-state index is -4.03. The smallest absolute Gasteiger partial charge is 0.301 e. The number of nitrogens with one attached hydrogen (secondary N) is 2. The molecule has 1 aromatic heterocycles. The fourth-order valence-corrected chi connectivity index (χ4v) is 9.70. The molecule has 2 atom stereocenters. The van der Waals surface area contributed by atoms with Gasteiger partial charge in [0.1, 0.15) is 23.2 Å². The number of hydrogen-bond donors (Lipinski definition) is 2. The van der Waals surface area contributed by atoms with Crippen LogP contribution in [0.4, 0.5) is 20.2 Å². The molecule has 4 saturated heterocycles. The van der Waals surface area contributed by atoms with Gasteiger partial charge in [-0.05, 0) is 73.7 Å². The molecule has 5 heterocycles. The lowest BCUT2D eigenvalue weighted by Crippen LogP contribution is -2.52. The van der Waals surface area contributed by atoms with Crippen molar-refractivity contribution in [3.63, 3.8) is 0 Å². The molecule has 4 aliphatic rings. The number of nitriles is 1. The number of imide groups is 1. The van der Waals surface area contributed by atoms with E-state index in [1.807, 2.05) is 15.9 Å². The highest BCUT2D eigenvalue weighted by molar-refractivity contribution is 7.90. The second-order valence-electron chi connectivity index (χ2n) is 16.4. The van der Waals surface area contributed by atoms with Crippen LogP contribution in [0.1, 0.15) is 62.1 Å². The summed E-state index contributed by atoms with van der Waals surface area (Å²) in [6.07, 6.45) is 3.73. The number of carbonyl (C=O) groups excluding carboxylic acids is 3. The molecule has 0 aliphatic carbocycles. The van der Waals surface area contributed by atoms with Crippen LogP contribution >= 0.6 is 0 Å². The van der Waals surface area contributed by atoms with Gasteiger partial charge in [0, 0.05) is 59.3 Å². The maximum atomic E-state index is 15.3. The van der Waals surface area contributed by atoms with Crippen molar-refractivity contribution in [1.29, 1.82) is 5.26 Å². The molecule has 4 aliphatic heterocycles. The number of piperidine rings is 2. The van der Waals surface area contributed by atoms with Crippen LogP contribution in [0.15, 0.2) is 59.7 Å². The monoisotopic (exact) mass is 887 g/mol. The summed E-state index contributed by atoms with van der Waals surface area (Å²) in [5, 5.41) is 12.4. The van der Waals surface area contributed by atoms with Crippen molar-refractivity contribution < 1.29 is 41.1 Å². The Kier molecular flexibility index (Phi) is 12.2. The van der Waals surface area contributed by atoms with Crippen molar-refractivity contribution in [3.8, 4) is 17.6 Å². The van der Waals surface area contributed by atoms with Crippen molar-refractivity contribution in [1.82, 2.24) is 29.0 Å². The zero-order valence-electron chi connectivity index (χ0n) is 34.8. The molecular formula is C43H47F2N9O8S. The summed E-state index contributed by atoms with van der Waals surface area (Å²) in [6.45, 7) is 5.43. The summed E-state index contributed by atoms with van der Waals surface area (Å²) in [5.74, 6) is -3.11. The van der Waals surface area contributed by atoms with Crippen LogP contribution < -0.4 is 25.2 Å². The molecule has 3 aromatic carbocycles. The Hall–Kier alpha value is -6.01. The summed E-state index contributed by atoms with van der Waals surface area (Å²) >= 11 is 0. The third kappa shape index (κ3) is 8.96. The molecule has 4 aromatic rings. The molecular weight excluding hydrogens is 841 g/mol. The molecule has 1 unspecified atom stereocenters. The number of anilines is 2. The van der Waals surface area contributed by atoms with Gasteiger partial charge >= 0.3 is 10.2 Å². The lowest BCUT2D eigenvalue weighted by molar-refractivity contribution is -0.137. The van der Waals surface area contributed by atoms with Crippen molar-refractivity contribution in [3.05, 3.63) is 88.0 Å². The molecule has 332 valence electrons. The van der Waals surface area contributed by atoms with Crippen molar-refractivity contribution >= 4 is 50.2 Å². The van der Waals surface area contributed by atoms with Gasteiger partial charge in [0.05, 0.1) is 59.3 Å². The number of fused-ring (bicyclic) bond motifs is 1. The summed E-state index contributed by atoms with van der Waals surface area (Å²) in [6, 6.07) is 12.8. The molecule has 3 amide bonds. The number of rotatable bonds is 11. The average molecular weight is 888 g/mol. The number of ether oxygens (including phenoxy) is 2. The van der Waals surface area contributed by atoms with Crippen molar-refractivity contribution in [2.75, 3.05) is 75.6 Å². The third-order valence-corrected chi connectivity index (χ3v) is 14.1. The number of hydrogen-bond acceptors (Lipinski definition) is 12. The maximum Gasteiger partial charge on any atom is 0.301 e. The normalized spacial score (nSPS) is 20.6. The minimum Gasteiger partial charge on any atom is -0.453 e. The second-order valence-corrected chi connectivity index (χ2v) is 18.2. The fourth-order valence-electron chi connectivity index (χ4n) is 8.75. The number of benzene rings is 3. The van der Waals surface area contributed by atoms with Crippen LogP contribution in [0.3, 0.4) is 0 Å². The van der Waals surface area contributed by atoms with Crippen molar-refractivity contribution in [2.24, 2.45) is 0 Å². The van der Waals surface area contributed by atoms with Gasteiger partial charge in [-0.1, -0.05) is 13.0 Å². The number of amides is 3. The van der Waals surface area contributed by atoms with Gasteiger partial charge in [0.2, 0.25) is 17.7 Å². The molecule has 1 spiro atoms. The van der Waals surface area contributed by atoms with E-state index in [4.69, 9.17) is 9.47 Å². The molecule has 20 heteroatoms. The van der Waals surface area contributed by atoms with E-state index in [0.717, 1.165) is 16.4 Å². The first kappa shape index (κ1) is 43.6. The Labute approximate surface area is 362 Å². The zero-order valence-corrected chi connectivity index (χ0v) is 35.6. The maximum absolute atomic E-state index is 15.3. The fraction of sp³-hybridized carbons (Fsp3) is 0.442. The van der Waals surface area contributed by atoms with Gasteiger partial charge in [-0.3, -0.25) is 38.7 Å². The first-order valence-electron chi connectivity index (χ1n) is 20.8. The Balaban J connectivity index is 0.859. The number of likely N-dealkylation sites (tertiary alicyclic amines) is 1. The van der Waals surface area contributed by atoms with Gasteiger partial charge in [-0.25, -0.2) is 13.8 Å². The second kappa shape index (κ2) is 17.6. The van der Waals surface area contributed by atoms with Crippen LogP contribution in [0, 0.1) is 23.0 Å². The SMILES string of the molecule is CCN(C)S(=O)(=O)Nc1ccc(F)c(Oc2ccc3ncn([C@H]4COC5(CCN(C(=O)CN6CCN(c7ccc(C8CCC(=O)NC8=O)cc7F)CC6)CC5)C4)c(=O)c3c2)c1C#N. The highest BCUT2D eigenvalue weighted by Gasteiger charge is 2.44. The van der Waals surface area contributed by atoms with Crippen LogP contribution in [-0.4, -0.2) is 121 Å². The van der Waals surface area contributed by atoms with E-state index in [-0.39, 0.29) is 71.9 Å². The van der Waals surface area contributed by atoms with Gasteiger partial charge in [-0.15, -0.1) is 0 Å². The van der Waals surface area contributed by atoms with Crippen LogP contribution in [0.2, 0.25) is 0 Å². The number of carbonyl (C=O) groups is 3. The van der Waals surface area contributed by atoms with E-state index in [9.17, 15) is 32.9 Å². The number of aromatic nitrogens is 2. The third-order valence-electron chi connectivity index (χ3n) is 12.6. The van der Waals surface area contributed by atoms with Crippen LogP contribution in [-0.2, 0) is 29.3 Å². The zero-order chi connectivity index (χ0) is 44.6. The lowest BCUT2D eigenvalue weighted by atomic mass is 9.87. The number of piperazine rings is 1. The topological polar surface area (TPSA) is 200 Å². The number of nitrogens with zero attached hydrogens (tertiary/aromatic N) is 7. The molecule has 2 N–H and O–H groups in total. The Morgan fingerprint density at radius 1 is 1.05 bits per heavy atom. The first-order chi connectivity index (χ1) is 30.2. The molecule has 63 heavy (non-hydrogen) atoms. The van der Waals surface area contributed by atoms with Gasteiger partial charge in [0.15, 0.2) is 11.6 Å². The molecule has 8 rings (SSSR count). The summed E-state index contributed by atoms with van der Waals surface area (Å²) in [7, 11) is -2.68. The van der Waals surface area contributed by atoms with E-state index in [0.29, 0.717) is 81.7 Å². The first-order valence-corrected chi connectivity index (χ1v) is 22.3. The minimum absolute atomic E-state index is 0.000478. The van der Waals surface area contributed by atoms with Crippen LogP contribution in [0.25, 0.3) is 10.9 Å². The van der Waals surface area contributed by atoms with Crippen LogP contribution in [0.5, 0.6) is 11.5 Å². The standard InChI is InChI=1S/C43H47F2N9O8S/c1-3-50(2)63(59,60)49-36-9-7-33(44)40(32(36)23-46)62-29-5-8-35-31(21-29)42(58)54(26-47-35)28-22-43(61-25-28)12-14-53(15-13-43)39(56)24-51-16-18-52(19-17-51)37-10-4-27(20-34(37)45)30-6-11-38(55)48-41(30)57/h4-5,7-10,20-21,26,28,30,49H,3,6,11-19,22,24-25H2,1-2H3,(H,48,55,57)/t28-,30?/m1/s1. The Morgan fingerprint density at radius 3 is 2.51 bits per heavy atom. The molecule has 0 radical (unpaired) electrons. The largest absolute Gasteiger partial charge is 0.453 e. The van der Waals surface area contributed by atoms with E-state index in [1.54, 1.807) is 19.1 Å². The van der Waals surface area contributed by atoms with E-state index < -0.39 is 45.0 Å². The Bertz CT molecular complexity index is 2680. The van der Waals surface area contributed by atoms with Gasteiger partial charge in [-0.2, -0.15) is 18.0 Å². The van der Waals surface area contributed by atoms with Gasteiger partial charge in [0.25, 0.3) is 5.56 Å². The summed E-state index contributed by atoms with van der Waals surface area (Å²) < 4.78 is 72.7. The van der Waals surface area contributed by atoms with E-state index in [2.05, 4.69) is 19.9 Å². The number of halogens is 2. The van der Waals surface area contributed by atoms with Crippen molar-refractivity contribution in [2.45, 2.75) is 56.6 Å². The predicted octanol–water partition coefficient (Wildman–Crippen LogP) is 3.61. The summed E-state index contributed by atoms with van der Waals surface area (Å²) in [4.78, 5) is 61.5. The van der Waals surface area contributed by atoms with E-state index >= 15 is 8.78 Å². The lowest BCUT2D eigenvalue weighted by Gasteiger charge is -2.40. The molecule has 0 bridgehead atoms. The highest BCUT2D eigenvalue weighted by Crippen LogP contribution is 2.41. The molecule has 0 saturated carbocycles. The quantitative estimate of drug-likeness (QED) is 0.208. The average Bonchev–Trinajstić information content (AvgIpc) is 3.67. The summed E-state index contributed by atoms with van der Waals surface area (Å²) in [5.41, 5.74) is -0.120. The predicted molar refractivity (Wildman–Crippen MR) is 226 cm³/mol. The van der Waals surface area contributed by atoms with E-state index in [1.165, 1.54) is 42.2 Å². The highest BCUT2D eigenvalue weighted by atomic mass is 32.2. The molecule has 17 nitrogen and oxygen atoms in total. The Morgan fingerprint density at radius 2 is 1.81 bits per heavy atom. The molecule has 4 fully saturated rings.